The minimum atomic E-state index is -0.915. The van der Waals surface area contributed by atoms with Crippen LogP contribution in [-0.4, -0.2) is 113 Å². The monoisotopic (exact) mass is 822 g/mol. The van der Waals surface area contributed by atoms with Gasteiger partial charge in [-0.2, -0.15) is 0 Å². The normalized spacial score (nSPS) is 11.8. The number of amides is 2. The number of carbonyl (C=O) groups excluding carboxylic acids is 3. The number of halogens is 1. The molecule has 1 atom stereocenters. The number of ether oxygens (including phenoxy) is 5. The first-order chi connectivity index (χ1) is 25.9. The number of carboxylic acids is 1. The van der Waals surface area contributed by atoms with Gasteiger partial charge in [-0.15, -0.1) is 0 Å². The molecule has 2 amide bonds. The van der Waals surface area contributed by atoms with Gasteiger partial charge in [-0.3, -0.25) is 19.2 Å². The zero-order valence-corrected chi connectivity index (χ0v) is 34.7. The van der Waals surface area contributed by atoms with E-state index < -0.39 is 11.9 Å². The molecule has 0 aliphatic rings. The lowest BCUT2D eigenvalue weighted by atomic mass is 9.94. The van der Waals surface area contributed by atoms with Crippen molar-refractivity contribution in [2.24, 2.45) is 5.92 Å². The van der Waals surface area contributed by atoms with E-state index in [-0.39, 0.29) is 35.8 Å². The van der Waals surface area contributed by atoms with Gasteiger partial charge >= 0.3 is 5.97 Å². The van der Waals surface area contributed by atoms with Crippen molar-refractivity contribution in [3.63, 3.8) is 0 Å². The largest absolute Gasteiger partial charge is 0.481 e. The molecule has 53 heavy (non-hydrogen) atoms. The van der Waals surface area contributed by atoms with Crippen molar-refractivity contribution in [3.8, 4) is 0 Å². The van der Waals surface area contributed by atoms with E-state index in [1.807, 2.05) is 0 Å². The summed E-state index contributed by atoms with van der Waals surface area (Å²) in [6.07, 6.45) is 21.7. The molecular formula is C40H75BrN2O10. The van der Waals surface area contributed by atoms with Gasteiger partial charge < -0.3 is 39.4 Å². The maximum atomic E-state index is 12.4. The van der Waals surface area contributed by atoms with Crippen LogP contribution in [0.1, 0.15) is 142 Å². The fraction of sp³-hybridized carbons (Fsp3) is 0.900. The number of unbranched alkanes of at least 4 members (excludes halogenated alkanes) is 15. The maximum Gasteiger partial charge on any atom is 0.306 e. The molecule has 0 rings (SSSR count). The first-order valence-corrected chi connectivity index (χ1v) is 21.7. The second kappa shape index (κ2) is 41.5. The molecule has 0 heterocycles. The van der Waals surface area contributed by atoms with Crippen molar-refractivity contribution < 1.29 is 48.0 Å². The van der Waals surface area contributed by atoms with Crippen LogP contribution in [0.3, 0.4) is 0 Å². The van der Waals surface area contributed by atoms with Gasteiger partial charge in [0.1, 0.15) is 5.78 Å². The van der Waals surface area contributed by atoms with Gasteiger partial charge in [0.15, 0.2) is 0 Å². The molecule has 0 aromatic rings. The number of carbonyl (C=O) groups is 4. The van der Waals surface area contributed by atoms with Gasteiger partial charge in [-0.05, 0) is 19.3 Å². The van der Waals surface area contributed by atoms with Gasteiger partial charge in [0.2, 0.25) is 11.8 Å². The van der Waals surface area contributed by atoms with Crippen molar-refractivity contribution >= 4 is 39.5 Å². The molecule has 312 valence electrons. The van der Waals surface area contributed by atoms with Gasteiger partial charge in [-0.1, -0.05) is 119 Å². The van der Waals surface area contributed by atoms with Crippen LogP contribution in [-0.2, 0) is 42.9 Å². The Morgan fingerprint density at radius 3 is 1.42 bits per heavy atom. The number of aliphatic carboxylic acids is 1. The Balaban J connectivity index is 3.53. The number of nitrogens with one attached hydrogen (secondary N) is 2. The first kappa shape index (κ1) is 51.4. The van der Waals surface area contributed by atoms with Crippen LogP contribution in [0.5, 0.6) is 0 Å². The minimum absolute atomic E-state index is 0.0469. The topological polar surface area (TPSA) is 159 Å². The van der Waals surface area contributed by atoms with Crippen molar-refractivity contribution in [2.75, 3.05) is 84.5 Å². The zero-order valence-electron chi connectivity index (χ0n) is 33.1. The molecule has 0 bridgehead atoms. The summed E-state index contributed by atoms with van der Waals surface area (Å²) < 4.78 is 27.1. The second-order valence-electron chi connectivity index (χ2n) is 13.6. The Hall–Kier alpha value is -1.64. The number of hydrogen-bond acceptors (Lipinski definition) is 9. The molecule has 13 heteroatoms. The lowest BCUT2D eigenvalue weighted by Crippen LogP contribution is -2.28. The Labute approximate surface area is 329 Å². The standard InChI is InChI=1S/C40H75BrN2O10/c1-2-3-4-5-6-7-8-9-10-11-12-13-14-15-16-20-37(44)34-36(40(47)48)19-17-18-22-42-38(45)21-24-49-26-28-51-30-32-53-33-31-52-29-27-50-25-23-43-39(46)35-41/h36H,2-35H2,1H3,(H,42,45)(H,43,46)(H,47,48). The Morgan fingerprint density at radius 1 is 0.509 bits per heavy atom. The van der Waals surface area contributed by atoms with Crippen LogP contribution in [0.25, 0.3) is 0 Å². The third-order valence-corrected chi connectivity index (χ3v) is 9.34. The average Bonchev–Trinajstić information content (AvgIpc) is 3.14. The quantitative estimate of drug-likeness (QED) is 0.0425. The lowest BCUT2D eigenvalue weighted by molar-refractivity contribution is -0.144. The smallest absolute Gasteiger partial charge is 0.306 e. The van der Waals surface area contributed by atoms with Gasteiger partial charge in [0, 0.05) is 32.4 Å². The highest BCUT2D eigenvalue weighted by molar-refractivity contribution is 9.09. The number of Topliss-reactive ketones (excluding diaryl/α,β-unsaturated/α-hetero) is 1. The van der Waals surface area contributed by atoms with E-state index in [4.69, 9.17) is 23.7 Å². The van der Waals surface area contributed by atoms with Crippen LogP contribution < -0.4 is 10.6 Å². The van der Waals surface area contributed by atoms with Crippen LogP contribution in [0.4, 0.5) is 0 Å². The summed E-state index contributed by atoms with van der Waals surface area (Å²) >= 11 is 3.08. The van der Waals surface area contributed by atoms with E-state index in [0.717, 1.165) is 19.3 Å². The number of hydrogen-bond donors (Lipinski definition) is 3. The molecule has 0 aliphatic carbocycles. The summed E-state index contributed by atoms with van der Waals surface area (Å²) in [6, 6.07) is 0. The third-order valence-electron chi connectivity index (χ3n) is 8.84. The predicted molar refractivity (Wildman–Crippen MR) is 213 cm³/mol. The Bertz CT molecular complexity index is 867. The third kappa shape index (κ3) is 39.9. The van der Waals surface area contributed by atoms with Crippen LogP contribution in [0.2, 0.25) is 0 Å². The molecule has 0 aromatic heterocycles. The summed E-state index contributed by atoms with van der Waals surface area (Å²) in [7, 11) is 0. The van der Waals surface area contributed by atoms with Gasteiger partial charge in [-0.25, -0.2) is 0 Å². The highest BCUT2D eigenvalue weighted by Gasteiger charge is 2.20. The number of ketones is 1. The number of alkyl halides is 1. The van der Waals surface area contributed by atoms with E-state index in [2.05, 4.69) is 33.5 Å². The molecule has 3 N–H and O–H groups in total. The molecule has 0 saturated carbocycles. The maximum absolute atomic E-state index is 12.4. The number of carboxylic acid groups (broad SMARTS) is 1. The van der Waals surface area contributed by atoms with Gasteiger partial charge in [0.25, 0.3) is 0 Å². The summed E-state index contributed by atoms with van der Waals surface area (Å²) in [5.41, 5.74) is 0. The Kier molecular flexibility index (Phi) is 40.2. The van der Waals surface area contributed by atoms with Crippen LogP contribution in [0.15, 0.2) is 0 Å². The van der Waals surface area contributed by atoms with E-state index in [1.54, 1.807) is 0 Å². The fourth-order valence-corrected chi connectivity index (χ4v) is 5.87. The van der Waals surface area contributed by atoms with Crippen LogP contribution in [0, 0.1) is 5.92 Å². The van der Waals surface area contributed by atoms with Crippen LogP contribution >= 0.6 is 15.9 Å². The fourth-order valence-electron chi connectivity index (χ4n) is 5.67. The molecular weight excluding hydrogens is 748 g/mol. The van der Waals surface area contributed by atoms with Crippen molar-refractivity contribution in [1.29, 1.82) is 0 Å². The summed E-state index contributed by atoms with van der Waals surface area (Å²) in [5, 5.41) is 15.4. The first-order valence-electron chi connectivity index (χ1n) is 20.6. The lowest BCUT2D eigenvalue weighted by Gasteiger charge is -2.12. The minimum Gasteiger partial charge on any atom is -0.481 e. The Morgan fingerprint density at radius 2 is 0.943 bits per heavy atom. The van der Waals surface area contributed by atoms with E-state index >= 15 is 0 Å². The zero-order chi connectivity index (χ0) is 38.9. The molecule has 0 aliphatic heterocycles. The molecule has 0 fully saturated rings. The predicted octanol–water partition coefficient (Wildman–Crippen LogP) is 7.18. The number of rotatable bonds is 43. The van der Waals surface area contributed by atoms with Crippen molar-refractivity contribution in [1.82, 2.24) is 10.6 Å². The summed E-state index contributed by atoms with van der Waals surface area (Å²) in [4.78, 5) is 47.2. The summed E-state index contributed by atoms with van der Waals surface area (Å²) in [6.45, 7) is 7.41. The molecule has 0 aromatic carbocycles. The molecule has 0 saturated heterocycles. The van der Waals surface area contributed by atoms with E-state index in [0.29, 0.717) is 105 Å². The van der Waals surface area contributed by atoms with E-state index in [9.17, 15) is 24.3 Å². The molecule has 12 nitrogen and oxygen atoms in total. The summed E-state index contributed by atoms with van der Waals surface area (Å²) in [5.74, 6) is -1.70. The van der Waals surface area contributed by atoms with Crippen molar-refractivity contribution in [2.45, 2.75) is 142 Å². The SMILES string of the molecule is CCCCCCCCCCCCCCCCCC(=O)CC(CCCCNC(=O)CCOCCOCCOCCOCCOCCNC(=O)CBr)C(=O)O. The molecule has 0 spiro atoms. The van der Waals surface area contributed by atoms with Crippen molar-refractivity contribution in [3.05, 3.63) is 0 Å². The molecule has 0 radical (unpaired) electrons. The van der Waals surface area contributed by atoms with Gasteiger partial charge in [0.05, 0.1) is 77.3 Å². The molecule has 1 unspecified atom stereocenters. The second-order valence-corrected chi connectivity index (χ2v) is 14.2. The highest BCUT2D eigenvalue weighted by Crippen LogP contribution is 2.17. The highest BCUT2D eigenvalue weighted by atomic mass is 79.9. The van der Waals surface area contributed by atoms with E-state index in [1.165, 1.54) is 77.0 Å². The average molecular weight is 824 g/mol.